The molecule has 3 aromatic rings. The molecule has 22 heavy (non-hydrogen) atoms. The number of aromatic amines is 1. The number of nitrogens with one attached hydrogen (secondary N) is 2. The van der Waals surface area contributed by atoms with Crippen molar-refractivity contribution < 1.29 is 4.79 Å². The van der Waals surface area contributed by atoms with E-state index in [9.17, 15) is 4.79 Å². The first kappa shape index (κ1) is 14.3. The third-order valence-corrected chi connectivity index (χ3v) is 3.49. The van der Waals surface area contributed by atoms with Gasteiger partial charge in [-0.1, -0.05) is 32.9 Å². The van der Waals surface area contributed by atoms with Crippen LogP contribution < -0.4 is 5.32 Å². The summed E-state index contributed by atoms with van der Waals surface area (Å²) < 4.78 is 0. The van der Waals surface area contributed by atoms with E-state index in [1.165, 1.54) is 0 Å². The van der Waals surface area contributed by atoms with E-state index in [0.717, 1.165) is 28.1 Å². The molecule has 1 heterocycles. The predicted molar refractivity (Wildman–Crippen MR) is 89.6 cm³/mol. The fraction of sp³-hybridized carbons (Fsp3) is 0.222. The second-order valence-electron chi connectivity index (χ2n) is 6.38. The molecule has 0 saturated carbocycles. The molecule has 0 atom stereocenters. The minimum absolute atomic E-state index is 0.00369. The maximum atomic E-state index is 12.0. The van der Waals surface area contributed by atoms with Crippen LogP contribution in [0.1, 0.15) is 20.8 Å². The van der Waals surface area contributed by atoms with Gasteiger partial charge in [-0.05, 0) is 36.4 Å². The largest absolute Gasteiger partial charge is 0.338 e. The molecule has 0 bridgehead atoms. The molecule has 2 N–H and O–H groups in total. The summed E-state index contributed by atoms with van der Waals surface area (Å²) in [7, 11) is 0. The first-order valence-corrected chi connectivity index (χ1v) is 7.30. The van der Waals surface area contributed by atoms with E-state index in [1.54, 1.807) is 0 Å². The molecule has 0 saturated heterocycles. The minimum Gasteiger partial charge on any atom is -0.338 e. The van der Waals surface area contributed by atoms with Gasteiger partial charge in [-0.15, -0.1) is 0 Å². The molecule has 1 aromatic heterocycles. The van der Waals surface area contributed by atoms with Gasteiger partial charge in [0.2, 0.25) is 5.91 Å². The van der Waals surface area contributed by atoms with Crippen molar-refractivity contribution in [3.63, 3.8) is 0 Å². The first-order chi connectivity index (χ1) is 10.4. The number of aromatic nitrogens is 2. The van der Waals surface area contributed by atoms with Crippen molar-refractivity contribution >= 4 is 22.6 Å². The number of benzene rings is 2. The Hall–Kier alpha value is -2.62. The van der Waals surface area contributed by atoms with Crippen molar-refractivity contribution in [2.75, 3.05) is 5.32 Å². The van der Waals surface area contributed by atoms with Crippen LogP contribution in [0.3, 0.4) is 0 Å². The number of hydrogen-bond donors (Lipinski definition) is 2. The molecule has 4 nitrogen and oxygen atoms in total. The van der Waals surface area contributed by atoms with Crippen LogP contribution in [0.2, 0.25) is 0 Å². The summed E-state index contributed by atoms with van der Waals surface area (Å²) in [5.41, 5.74) is 3.34. The number of carbonyl (C=O) groups is 1. The SMILES string of the molecule is CC(C)(C)C(=O)Nc1ccc(-c2nc3ccccc3[nH]2)cc1. The van der Waals surface area contributed by atoms with E-state index in [-0.39, 0.29) is 5.91 Å². The normalized spacial score (nSPS) is 11.6. The molecule has 0 radical (unpaired) electrons. The van der Waals surface area contributed by atoms with Gasteiger partial charge in [-0.3, -0.25) is 4.79 Å². The maximum Gasteiger partial charge on any atom is 0.229 e. The topological polar surface area (TPSA) is 57.8 Å². The van der Waals surface area contributed by atoms with E-state index in [0.29, 0.717) is 0 Å². The van der Waals surface area contributed by atoms with Crippen molar-refractivity contribution in [1.82, 2.24) is 9.97 Å². The number of imidazole rings is 1. The molecule has 0 aliphatic carbocycles. The summed E-state index contributed by atoms with van der Waals surface area (Å²) in [5.74, 6) is 0.832. The Morgan fingerprint density at radius 2 is 1.73 bits per heavy atom. The molecule has 0 aliphatic heterocycles. The van der Waals surface area contributed by atoms with Gasteiger partial charge < -0.3 is 10.3 Å². The lowest BCUT2D eigenvalue weighted by molar-refractivity contribution is -0.123. The number of rotatable bonds is 2. The van der Waals surface area contributed by atoms with Gasteiger partial charge in [0.25, 0.3) is 0 Å². The van der Waals surface area contributed by atoms with Crippen molar-refractivity contribution in [3.8, 4) is 11.4 Å². The molecule has 0 fully saturated rings. The number of carbonyl (C=O) groups excluding carboxylic acids is 1. The van der Waals surface area contributed by atoms with Crippen molar-refractivity contribution in [1.29, 1.82) is 0 Å². The number of para-hydroxylation sites is 2. The monoisotopic (exact) mass is 293 g/mol. The van der Waals surface area contributed by atoms with Gasteiger partial charge in [0, 0.05) is 16.7 Å². The third-order valence-electron chi connectivity index (χ3n) is 3.49. The number of amides is 1. The van der Waals surface area contributed by atoms with Gasteiger partial charge in [0.15, 0.2) is 0 Å². The van der Waals surface area contributed by atoms with E-state index < -0.39 is 5.41 Å². The number of anilines is 1. The molecule has 0 aliphatic rings. The van der Waals surface area contributed by atoms with Gasteiger partial charge in [-0.2, -0.15) is 0 Å². The average Bonchev–Trinajstić information content (AvgIpc) is 2.91. The number of H-pyrrole nitrogens is 1. The van der Waals surface area contributed by atoms with Crippen LogP contribution in [-0.2, 0) is 4.79 Å². The molecule has 0 spiro atoms. The lowest BCUT2D eigenvalue weighted by atomic mass is 9.95. The van der Waals surface area contributed by atoms with Crippen molar-refractivity contribution in [2.45, 2.75) is 20.8 Å². The Bertz CT molecular complexity index is 777. The molecule has 112 valence electrons. The predicted octanol–water partition coefficient (Wildman–Crippen LogP) is 4.21. The second-order valence-corrected chi connectivity index (χ2v) is 6.38. The van der Waals surface area contributed by atoms with Crippen molar-refractivity contribution in [2.24, 2.45) is 5.41 Å². The van der Waals surface area contributed by atoms with Gasteiger partial charge in [0.1, 0.15) is 5.82 Å². The van der Waals surface area contributed by atoms with Gasteiger partial charge in [-0.25, -0.2) is 4.98 Å². The highest BCUT2D eigenvalue weighted by molar-refractivity contribution is 5.94. The standard InChI is InChI=1S/C18H19N3O/c1-18(2,3)17(22)19-13-10-8-12(9-11-13)16-20-14-6-4-5-7-15(14)21-16/h4-11H,1-3H3,(H,19,22)(H,20,21). The van der Waals surface area contributed by atoms with Gasteiger partial charge in [0.05, 0.1) is 11.0 Å². The second kappa shape index (κ2) is 5.30. The van der Waals surface area contributed by atoms with Crippen LogP contribution in [0.4, 0.5) is 5.69 Å². The summed E-state index contributed by atoms with van der Waals surface area (Å²) in [5, 5.41) is 2.92. The Morgan fingerprint density at radius 1 is 1.05 bits per heavy atom. The van der Waals surface area contributed by atoms with Crippen LogP contribution in [0.25, 0.3) is 22.4 Å². The lowest BCUT2D eigenvalue weighted by Crippen LogP contribution is -2.27. The summed E-state index contributed by atoms with van der Waals surface area (Å²) in [4.78, 5) is 19.8. The Kier molecular flexibility index (Phi) is 3.45. The van der Waals surface area contributed by atoms with E-state index in [2.05, 4.69) is 15.3 Å². The molecule has 0 unspecified atom stereocenters. The quantitative estimate of drug-likeness (QED) is 0.743. The molecule has 4 heteroatoms. The maximum absolute atomic E-state index is 12.0. The van der Waals surface area contributed by atoms with Crippen LogP contribution in [0, 0.1) is 5.41 Å². The lowest BCUT2D eigenvalue weighted by Gasteiger charge is -2.17. The fourth-order valence-electron chi connectivity index (χ4n) is 2.12. The van der Waals surface area contributed by atoms with E-state index in [4.69, 9.17) is 0 Å². The average molecular weight is 293 g/mol. The highest BCUT2D eigenvalue weighted by Crippen LogP contribution is 2.23. The van der Waals surface area contributed by atoms with Crippen LogP contribution in [-0.4, -0.2) is 15.9 Å². The Balaban J connectivity index is 1.83. The number of fused-ring (bicyclic) bond motifs is 1. The first-order valence-electron chi connectivity index (χ1n) is 7.30. The van der Waals surface area contributed by atoms with Crippen LogP contribution in [0.5, 0.6) is 0 Å². The van der Waals surface area contributed by atoms with Crippen LogP contribution >= 0.6 is 0 Å². The number of hydrogen-bond acceptors (Lipinski definition) is 2. The van der Waals surface area contributed by atoms with E-state index in [1.807, 2.05) is 69.3 Å². The zero-order chi connectivity index (χ0) is 15.7. The zero-order valence-corrected chi connectivity index (χ0v) is 13.0. The summed E-state index contributed by atoms with van der Waals surface area (Å²) in [6, 6.07) is 15.6. The molecule has 1 amide bonds. The Morgan fingerprint density at radius 3 is 2.36 bits per heavy atom. The third kappa shape index (κ3) is 2.86. The summed E-state index contributed by atoms with van der Waals surface area (Å²) in [6.07, 6.45) is 0. The highest BCUT2D eigenvalue weighted by atomic mass is 16.2. The molecular formula is C18H19N3O. The van der Waals surface area contributed by atoms with E-state index >= 15 is 0 Å². The zero-order valence-electron chi connectivity index (χ0n) is 13.0. The minimum atomic E-state index is -0.405. The fourth-order valence-corrected chi connectivity index (χ4v) is 2.12. The smallest absolute Gasteiger partial charge is 0.229 e. The summed E-state index contributed by atoms with van der Waals surface area (Å²) in [6.45, 7) is 5.68. The molecule has 2 aromatic carbocycles. The highest BCUT2D eigenvalue weighted by Gasteiger charge is 2.21. The molecule has 3 rings (SSSR count). The Labute approximate surface area is 129 Å². The number of nitrogens with zero attached hydrogens (tertiary/aromatic N) is 1. The van der Waals surface area contributed by atoms with Crippen molar-refractivity contribution in [3.05, 3.63) is 48.5 Å². The summed E-state index contributed by atoms with van der Waals surface area (Å²) >= 11 is 0. The van der Waals surface area contributed by atoms with Gasteiger partial charge >= 0.3 is 0 Å². The molecular weight excluding hydrogens is 274 g/mol. The van der Waals surface area contributed by atoms with Crippen LogP contribution in [0.15, 0.2) is 48.5 Å².